The summed E-state index contributed by atoms with van der Waals surface area (Å²) < 4.78 is 68.1. The molecule has 0 aliphatic heterocycles. The molecular formula is C67H130O17P2. The second kappa shape index (κ2) is 57.0. The molecule has 0 bridgehead atoms. The van der Waals surface area contributed by atoms with E-state index in [1.165, 1.54) is 122 Å². The fourth-order valence-corrected chi connectivity index (χ4v) is 11.5. The maximum absolute atomic E-state index is 13.0. The third kappa shape index (κ3) is 59.7. The first-order valence-electron chi connectivity index (χ1n) is 34.7. The number of rotatable bonds is 64. The van der Waals surface area contributed by atoms with Crippen LogP contribution in [-0.4, -0.2) is 96.7 Å². The molecule has 0 aromatic rings. The number of phosphoric ester groups is 2. The summed E-state index contributed by atoms with van der Waals surface area (Å²) in [5, 5.41) is 10.6. The van der Waals surface area contributed by atoms with Crippen LogP contribution in [-0.2, 0) is 65.4 Å². The van der Waals surface area contributed by atoms with Gasteiger partial charge in [0.05, 0.1) is 26.4 Å². The Kier molecular flexibility index (Phi) is 55.7. The van der Waals surface area contributed by atoms with E-state index >= 15 is 0 Å². The van der Waals surface area contributed by atoms with Crippen molar-refractivity contribution in [2.24, 2.45) is 23.7 Å². The van der Waals surface area contributed by atoms with E-state index in [0.717, 1.165) is 114 Å². The summed E-state index contributed by atoms with van der Waals surface area (Å²) >= 11 is 0. The molecule has 0 aliphatic carbocycles. The minimum atomic E-state index is -4.95. The summed E-state index contributed by atoms with van der Waals surface area (Å²) in [5.41, 5.74) is 0. The largest absolute Gasteiger partial charge is 0.472 e. The lowest BCUT2D eigenvalue weighted by Gasteiger charge is -2.21. The Morgan fingerprint density at radius 3 is 0.826 bits per heavy atom. The van der Waals surface area contributed by atoms with Crippen molar-refractivity contribution in [3.8, 4) is 0 Å². The number of esters is 4. The molecule has 19 heteroatoms. The summed E-state index contributed by atoms with van der Waals surface area (Å²) in [6.45, 7) is 14.0. The van der Waals surface area contributed by atoms with E-state index in [1.54, 1.807) is 0 Å². The van der Waals surface area contributed by atoms with Gasteiger partial charge in [0, 0.05) is 25.7 Å². The van der Waals surface area contributed by atoms with E-state index in [-0.39, 0.29) is 25.7 Å². The van der Waals surface area contributed by atoms with Crippen LogP contribution < -0.4 is 0 Å². The zero-order chi connectivity index (χ0) is 63.9. The zero-order valence-corrected chi connectivity index (χ0v) is 57.7. The Balaban J connectivity index is 5.26. The highest BCUT2D eigenvalue weighted by Crippen LogP contribution is 2.45. The van der Waals surface area contributed by atoms with Gasteiger partial charge in [0.1, 0.15) is 19.3 Å². The lowest BCUT2D eigenvalue weighted by Crippen LogP contribution is -2.30. The zero-order valence-electron chi connectivity index (χ0n) is 55.9. The summed E-state index contributed by atoms with van der Waals surface area (Å²) in [4.78, 5) is 72.4. The van der Waals surface area contributed by atoms with Crippen LogP contribution in [0.25, 0.3) is 0 Å². The SMILES string of the molecule is CCC(C)CCCCCCCCCCC(=O)O[C@H](COC(=O)CCCCCCCCC(C)C)COP(=O)(O)OC[C@H](O)COP(=O)(O)OC[C@@H](COC(=O)CCCCCCCCCCC(C)C)OC(=O)CCCCCCCCCCCCCC(C)C. The van der Waals surface area contributed by atoms with Crippen LogP contribution in [0.5, 0.6) is 0 Å². The maximum Gasteiger partial charge on any atom is 0.472 e. The molecule has 6 atom stereocenters. The summed E-state index contributed by atoms with van der Waals surface area (Å²) in [6, 6.07) is 0. The number of hydrogen-bond acceptors (Lipinski definition) is 15. The van der Waals surface area contributed by atoms with Gasteiger partial charge in [0.15, 0.2) is 12.2 Å². The number of hydrogen-bond donors (Lipinski definition) is 3. The van der Waals surface area contributed by atoms with Crippen LogP contribution in [0.1, 0.15) is 325 Å². The van der Waals surface area contributed by atoms with Crippen molar-refractivity contribution >= 4 is 39.5 Å². The third-order valence-corrected chi connectivity index (χ3v) is 17.6. The Labute approximate surface area is 524 Å². The molecule has 3 N–H and O–H groups in total. The van der Waals surface area contributed by atoms with Crippen molar-refractivity contribution in [3.63, 3.8) is 0 Å². The number of carbonyl (C=O) groups is 4. The van der Waals surface area contributed by atoms with Crippen molar-refractivity contribution in [1.29, 1.82) is 0 Å². The lowest BCUT2D eigenvalue weighted by molar-refractivity contribution is -0.161. The van der Waals surface area contributed by atoms with Crippen LogP contribution in [0.3, 0.4) is 0 Å². The van der Waals surface area contributed by atoms with Crippen molar-refractivity contribution < 1.29 is 80.2 Å². The van der Waals surface area contributed by atoms with Crippen LogP contribution >= 0.6 is 15.6 Å². The van der Waals surface area contributed by atoms with Gasteiger partial charge in [0.25, 0.3) is 0 Å². The molecule has 0 aliphatic rings. The quantitative estimate of drug-likeness (QED) is 0.0222. The molecule has 0 heterocycles. The van der Waals surface area contributed by atoms with E-state index < -0.39 is 97.5 Å². The topological polar surface area (TPSA) is 237 Å². The predicted molar refractivity (Wildman–Crippen MR) is 344 cm³/mol. The molecule has 510 valence electrons. The van der Waals surface area contributed by atoms with Gasteiger partial charge in [-0.2, -0.15) is 0 Å². The molecular weight excluding hydrogens is 1140 g/mol. The molecule has 3 unspecified atom stereocenters. The van der Waals surface area contributed by atoms with Gasteiger partial charge in [-0.1, -0.05) is 274 Å². The van der Waals surface area contributed by atoms with Crippen molar-refractivity contribution in [1.82, 2.24) is 0 Å². The summed E-state index contributed by atoms with van der Waals surface area (Å²) in [5.74, 6) is 0.804. The highest BCUT2D eigenvalue weighted by Gasteiger charge is 2.30. The molecule has 0 fully saturated rings. The van der Waals surface area contributed by atoms with Gasteiger partial charge in [-0.15, -0.1) is 0 Å². The Morgan fingerprint density at radius 1 is 0.326 bits per heavy atom. The molecule has 0 spiro atoms. The van der Waals surface area contributed by atoms with Gasteiger partial charge >= 0.3 is 39.5 Å². The number of carbonyl (C=O) groups excluding carboxylic acids is 4. The smallest absolute Gasteiger partial charge is 0.462 e. The van der Waals surface area contributed by atoms with Crippen molar-refractivity contribution in [2.45, 2.75) is 343 Å². The molecule has 0 aromatic carbocycles. The predicted octanol–water partition coefficient (Wildman–Crippen LogP) is 18.5. The highest BCUT2D eigenvalue weighted by atomic mass is 31.2. The van der Waals surface area contributed by atoms with E-state index in [9.17, 15) is 43.2 Å². The number of aliphatic hydroxyl groups is 1. The third-order valence-electron chi connectivity index (χ3n) is 15.7. The molecule has 0 aromatic heterocycles. The maximum atomic E-state index is 13.0. The molecule has 86 heavy (non-hydrogen) atoms. The average Bonchev–Trinajstić information content (AvgIpc) is 3.65. The van der Waals surface area contributed by atoms with E-state index in [1.807, 2.05) is 0 Å². The molecule has 0 rings (SSSR count). The minimum Gasteiger partial charge on any atom is -0.462 e. The van der Waals surface area contributed by atoms with Gasteiger partial charge in [-0.25, -0.2) is 9.13 Å². The average molecular weight is 1270 g/mol. The van der Waals surface area contributed by atoms with Gasteiger partial charge in [-0.05, 0) is 49.4 Å². The normalized spacial score (nSPS) is 14.7. The van der Waals surface area contributed by atoms with Crippen molar-refractivity contribution in [2.75, 3.05) is 39.6 Å². The second-order valence-electron chi connectivity index (χ2n) is 25.9. The monoisotopic (exact) mass is 1270 g/mol. The summed E-state index contributed by atoms with van der Waals surface area (Å²) in [6.07, 6.45) is 37.7. The number of unbranched alkanes of at least 4 members (excludes halogenated alkanes) is 29. The Bertz CT molecular complexity index is 1720. The second-order valence-corrected chi connectivity index (χ2v) is 28.8. The number of ether oxygens (including phenoxy) is 4. The molecule has 0 amide bonds. The molecule has 0 saturated carbocycles. The Hall–Kier alpha value is -1.94. The number of phosphoric acid groups is 2. The first-order chi connectivity index (χ1) is 41.1. The van der Waals surface area contributed by atoms with E-state index in [2.05, 4.69) is 55.4 Å². The van der Waals surface area contributed by atoms with E-state index in [0.29, 0.717) is 31.6 Å². The van der Waals surface area contributed by atoms with Crippen LogP contribution in [0, 0.1) is 23.7 Å². The van der Waals surface area contributed by atoms with Crippen LogP contribution in [0.2, 0.25) is 0 Å². The Morgan fingerprint density at radius 2 is 0.558 bits per heavy atom. The first kappa shape index (κ1) is 84.1. The lowest BCUT2D eigenvalue weighted by atomic mass is 9.99. The first-order valence-corrected chi connectivity index (χ1v) is 37.7. The number of aliphatic hydroxyl groups excluding tert-OH is 1. The van der Waals surface area contributed by atoms with Gasteiger partial charge in [0.2, 0.25) is 0 Å². The van der Waals surface area contributed by atoms with Crippen LogP contribution in [0.4, 0.5) is 0 Å². The van der Waals surface area contributed by atoms with Crippen LogP contribution in [0.15, 0.2) is 0 Å². The standard InChI is InChI=1S/C67H130O17P2/c1-9-60(8)46-38-30-21-16-18-24-34-42-50-67(72)84-63(54-78-65(70)48-40-32-26-25-29-37-45-59(6)7)56-82-86(75,76)80-52-61(68)51-79-85(73,74)81-55-62(53-77-64(69)47-39-31-22-17-15-20-28-36-44-58(4)5)83-66(71)49-41-33-23-14-12-10-11-13-19-27-35-43-57(2)3/h57-63,68H,9-56H2,1-8H3,(H,73,74)(H,75,76)/t60?,61-,62-,63-/m1/s1. The van der Waals surface area contributed by atoms with Gasteiger partial charge in [-0.3, -0.25) is 37.3 Å². The highest BCUT2D eigenvalue weighted by molar-refractivity contribution is 7.47. The summed E-state index contributed by atoms with van der Waals surface area (Å²) in [7, 11) is -9.90. The van der Waals surface area contributed by atoms with Crippen molar-refractivity contribution in [3.05, 3.63) is 0 Å². The fraction of sp³-hybridized carbons (Fsp3) is 0.940. The molecule has 0 saturated heterocycles. The van der Waals surface area contributed by atoms with E-state index in [4.69, 9.17) is 37.0 Å². The fourth-order valence-electron chi connectivity index (χ4n) is 9.93. The molecule has 17 nitrogen and oxygen atoms in total. The van der Waals surface area contributed by atoms with Gasteiger partial charge < -0.3 is 33.8 Å². The minimum absolute atomic E-state index is 0.103. The molecule has 0 radical (unpaired) electrons.